The van der Waals surface area contributed by atoms with Gasteiger partial charge < -0.3 is 4.57 Å². The number of hydrogen-bond donors (Lipinski definition) is 0. The van der Waals surface area contributed by atoms with E-state index < -0.39 is 9.84 Å². The Morgan fingerprint density at radius 1 is 1.08 bits per heavy atom. The molecule has 26 heavy (non-hydrogen) atoms. The molecule has 0 atom stereocenters. The molecule has 0 aliphatic carbocycles. The summed E-state index contributed by atoms with van der Waals surface area (Å²) in [6.07, 6.45) is 3.40. The molecule has 2 heterocycles. The van der Waals surface area contributed by atoms with Crippen LogP contribution < -0.4 is 5.73 Å². The summed E-state index contributed by atoms with van der Waals surface area (Å²) >= 11 is 0. The predicted molar refractivity (Wildman–Crippen MR) is 105 cm³/mol. The highest BCUT2D eigenvalue weighted by molar-refractivity contribution is 7.91. The fourth-order valence-electron chi connectivity index (χ4n) is 3.29. The van der Waals surface area contributed by atoms with Gasteiger partial charge in [0, 0.05) is 24.1 Å². The van der Waals surface area contributed by atoms with Crippen molar-refractivity contribution >= 4 is 37.6 Å². The summed E-state index contributed by atoms with van der Waals surface area (Å²) in [6.45, 7) is 4.36. The van der Waals surface area contributed by atoms with Gasteiger partial charge in [0.1, 0.15) is 11.3 Å². The number of aryl methyl sites for hydroxylation is 2. The quantitative estimate of drug-likeness (QED) is 0.602. The van der Waals surface area contributed by atoms with Crippen molar-refractivity contribution in [2.24, 2.45) is 0 Å². The lowest BCUT2D eigenvalue weighted by Crippen LogP contribution is -2.17. The summed E-state index contributed by atoms with van der Waals surface area (Å²) in [6, 6.07) is 7.67. The van der Waals surface area contributed by atoms with Crippen molar-refractivity contribution in [1.29, 1.82) is 0 Å². The maximum atomic E-state index is 12.2. The van der Waals surface area contributed by atoms with Gasteiger partial charge in [-0.2, -0.15) is 0 Å². The second-order valence-corrected chi connectivity index (χ2v) is 8.91. The highest BCUT2D eigenvalue weighted by Gasteiger charge is 2.19. The van der Waals surface area contributed by atoms with Crippen LogP contribution in [-0.2, 0) is 22.8 Å². The van der Waals surface area contributed by atoms with Crippen LogP contribution in [-0.4, -0.2) is 34.5 Å². The van der Waals surface area contributed by atoms with E-state index in [1.54, 1.807) is 0 Å². The van der Waals surface area contributed by atoms with E-state index in [2.05, 4.69) is 16.9 Å². The normalized spacial score (nSPS) is 12.2. The number of aromatic nitrogens is 3. The van der Waals surface area contributed by atoms with Crippen molar-refractivity contribution in [3.8, 4) is 0 Å². The molecule has 139 valence electrons. The number of unbranched alkanes of at least 4 members (excludes halogenated alkanes) is 1. The van der Waals surface area contributed by atoms with Crippen LogP contribution in [0.15, 0.2) is 24.3 Å². The van der Waals surface area contributed by atoms with Crippen LogP contribution in [0.1, 0.15) is 38.9 Å². The molecular formula is C19H25N4O2S. The molecule has 0 fully saturated rings. The second-order valence-electron chi connectivity index (χ2n) is 6.61. The molecule has 7 heteroatoms. The minimum atomic E-state index is -3.09. The lowest BCUT2D eigenvalue weighted by atomic mass is 10.2. The monoisotopic (exact) mass is 373 g/mol. The SMILES string of the molecule is CCCCc1nc2c([NH])nc3ccccc3c2n1CCS(=O)(=O)CCC. The summed E-state index contributed by atoms with van der Waals surface area (Å²) in [5, 5.41) is 0.918. The number of fused-ring (bicyclic) bond motifs is 3. The molecule has 1 radical (unpaired) electrons. The van der Waals surface area contributed by atoms with Crippen LogP contribution in [0, 0.1) is 0 Å². The number of sulfone groups is 1. The lowest BCUT2D eigenvalue weighted by molar-refractivity contribution is 0.585. The highest BCUT2D eigenvalue weighted by Crippen LogP contribution is 2.30. The molecular weight excluding hydrogens is 348 g/mol. The van der Waals surface area contributed by atoms with Gasteiger partial charge in [-0.05, 0) is 18.9 Å². The Morgan fingerprint density at radius 2 is 1.85 bits per heavy atom. The van der Waals surface area contributed by atoms with E-state index in [-0.39, 0.29) is 17.3 Å². The lowest BCUT2D eigenvalue weighted by Gasteiger charge is -2.11. The number of rotatable bonds is 8. The minimum Gasteiger partial charge on any atom is -0.326 e. The molecule has 0 aliphatic heterocycles. The van der Waals surface area contributed by atoms with E-state index in [1.165, 1.54) is 0 Å². The largest absolute Gasteiger partial charge is 0.326 e. The molecule has 0 unspecified atom stereocenters. The molecule has 0 saturated carbocycles. The Labute approximate surface area is 154 Å². The van der Waals surface area contributed by atoms with E-state index in [0.717, 1.165) is 41.5 Å². The third kappa shape index (κ3) is 3.67. The Morgan fingerprint density at radius 3 is 2.58 bits per heavy atom. The molecule has 1 N–H and O–H groups in total. The first kappa shape index (κ1) is 18.6. The van der Waals surface area contributed by atoms with Gasteiger partial charge in [0.05, 0.1) is 16.8 Å². The Balaban J connectivity index is 2.16. The van der Waals surface area contributed by atoms with E-state index in [0.29, 0.717) is 18.5 Å². The van der Waals surface area contributed by atoms with E-state index in [9.17, 15) is 8.42 Å². The Hall–Kier alpha value is -2.15. The predicted octanol–water partition coefficient (Wildman–Crippen LogP) is 3.67. The summed E-state index contributed by atoms with van der Waals surface area (Å²) in [7, 11) is -3.09. The van der Waals surface area contributed by atoms with Crippen molar-refractivity contribution in [2.75, 3.05) is 11.5 Å². The molecule has 0 aliphatic rings. The first-order valence-electron chi connectivity index (χ1n) is 9.16. The van der Waals surface area contributed by atoms with Crippen LogP contribution in [0.3, 0.4) is 0 Å². The minimum absolute atomic E-state index is 0.0927. The van der Waals surface area contributed by atoms with Crippen LogP contribution >= 0.6 is 0 Å². The van der Waals surface area contributed by atoms with Gasteiger partial charge in [0.15, 0.2) is 15.7 Å². The smallest absolute Gasteiger partial charge is 0.173 e. The molecule has 3 rings (SSSR count). The van der Waals surface area contributed by atoms with Crippen molar-refractivity contribution in [3.05, 3.63) is 30.1 Å². The summed E-state index contributed by atoms with van der Waals surface area (Å²) in [4.78, 5) is 9.01. The van der Waals surface area contributed by atoms with Crippen molar-refractivity contribution < 1.29 is 8.42 Å². The Bertz CT molecular complexity index is 1020. The van der Waals surface area contributed by atoms with Crippen molar-refractivity contribution in [1.82, 2.24) is 20.3 Å². The number of nitrogens with one attached hydrogen (secondary N) is 1. The molecule has 0 bridgehead atoms. The fourth-order valence-corrected chi connectivity index (χ4v) is 4.58. The van der Waals surface area contributed by atoms with E-state index >= 15 is 0 Å². The van der Waals surface area contributed by atoms with Crippen molar-refractivity contribution in [2.45, 2.75) is 46.1 Å². The van der Waals surface area contributed by atoms with Gasteiger partial charge in [-0.15, -0.1) is 0 Å². The molecule has 0 amide bonds. The van der Waals surface area contributed by atoms with Gasteiger partial charge in [0.25, 0.3) is 0 Å². The number of imidazole rings is 1. The van der Waals surface area contributed by atoms with E-state index in [1.807, 2.05) is 35.8 Å². The van der Waals surface area contributed by atoms with Gasteiger partial charge in [-0.3, -0.25) is 5.73 Å². The van der Waals surface area contributed by atoms with Gasteiger partial charge in [-0.1, -0.05) is 38.5 Å². The first-order chi connectivity index (χ1) is 12.5. The Kier molecular flexibility index (Phi) is 5.46. The highest BCUT2D eigenvalue weighted by atomic mass is 32.2. The zero-order valence-electron chi connectivity index (χ0n) is 15.3. The number of pyridine rings is 1. The average molecular weight is 374 g/mol. The van der Waals surface area contributed by atoms with Crippen LogP contribution in [0.2, 0.25) is 0 Å². The molecule has 6 nitrogen and oxygen atoms in total. The standard InChI is InChI=1S/C19H25N4O2S/c1-3-5-10-16-22-17-18(23(16)11-13-26(24,25)12-4-2)14-8-6-7-9-15(14)21-19(17)20/h6-9,20H,3-5,10-13H2,1-2H3. The van der Waals surface area contributed by atoms with Gasteiger partial charge in [-0.25, -0.2) is 18.4 Å². The maximum absolute atomic E-state index is 12.2. The maximum Gasteiger partial charge on any atom is 0.173 e. The summed E-state index contributed by atoms with van der Waals surface area (Å²) < 4.78 is 26.5. The average Bonchev–Trinajstić information content (AvgIpc) is 2.98. The van der Waals surface area contributed by atoms with E-state index in [4.69, 9.17) is 5.73 Å². The number of nitrogens with zero attached hydrogens (tertiary/aromatic N) is 3. The third-order valence-corrected chi connectivity index (χ3v) is 6.39. The molecule has 0 spiro atoms. The van der Waals surface area contributed by atoms with Crippen molar-refractivity contribution in [3.63, 3.8) is 0 Å². The zero-order valence-corrected chi connectivity index (χ0v) is 16.1. The molecule has 3 aromatic rings. The van der Waals surface area contributed by atoms with Crippen LogP contribution in [0.4, 0.5) is 5.82 Å². The van der Waals surface area contributed by atoms with Crippen LogP contribution in [0.5, 0.6) is 0 Å². The topological polar surface area (TPSA) is 88.7 Å². The fraction of sp³-hybridized carbons (Fsp3) is 0.474. The zero-order chi connectivity index (χ0) is 18.7. The number of para-hydroxylation sites is 1. The van der Waals surface area contributed by atoms with Crippen LogP contribution in [0.25, 0.3) is 21.9 Å². The van der Waals surface area contributed by atoms with Gasteiger partial charge in [0.2, 0.25) is 0 Å². The molecule has 1 aromatic carbocycles. The number of benzene rings is 1. The molecule has 0 saturated heterocycles. The third-order valence-electron chi connectivity index (χ3n) is 4.56. The number of hydrogen-bond acceptors (Lipinski definition) is 4. The summed E-state index contributed by atoms with van der Waals surface area (Å²) in [5.74, 6) is 1.29. The second kappa shape index (κ2) is 7.61. The molecule has 2 aromatic heterocycles. The van der Waals surface area contributed by atoms with Gasteiger partial charge >= 0.3 is 0 Å². The first-order valence-corrected chi connectivity index (χ1v) is 11.0. The summed E-state index contributed by atoms with van der Waals surface area (Å²) in [5.41, 5.74) is 10.4.